The molecule has 5 heteroatoms. The molecule has 2 heterocycles. The van der Waals surface area contributed by atoms with Gasteiger partial charge in [0.25, 0.3) is 5.91 Å². The van der Waals surface area contributed by atoms with E-state index in [1.165, 1.54) is 12.8 Å². The molecule has 0 N–H and O–H groups in total. The minimum atomic E-state index is 0.104. The van der Waals surface area contributed by atoms with E-state index in [0.717, 1.165) is 26.0 Å². The van der Waals surface area contributed by atoms with Crippen molar-refractivity contribution in [1.29, 1.82) is 0 Å². The second-order valence-corrected chi connectivity index (χ2v) is 7.36. The van der Waals surface area contributed by atoms with E-state index in [4.69, 9.17) is 11.6 Å². The maximum absolute atomic E-state index is 12.5. The maximum atomic E-state index is 12.5. The van der Waals surface area contributed by atoms with Crippen LogP contribution in [-0.2, 0) is 13.1 Å². The van der Waals surface area contributed by atoms with Crippen LogP contribution < -0.4 is 0 Å². The predicted octanol–water partition coefficient (Wildman–Crippen LogP) is 4.37. The summed E-state index contributed by atoms with van der Waals surface area (Å²) < 4.78 is 1.16. The smallest absolute Gasteiger partial charge is 0.254 e. The Kier molecular flexibility index (Phi) is 3.61. The molecular formula is C17H14ClIN2O. The number of rotatable bonds is 3. The maximum Gasteiger partial charge on any atom is 0.254 e. The monoisotopic (exact) mass is 424 g/mol. The van der Waals surface area contributed by atoms with Crippen LogP contribution in [-0.4, -0.2) is 15.8 Å². The first kappa shape index (κ1) is 14.5. The molecule has 1 aromatic heterocycles. The van der Waals surface area contributed by atoms with E-state index in [1.54, 1.807) is 0 Å². The van der Waals surface area contributed by atoms with Gasteiger partial charge in [0.05, 0.1) is 5.69 Å². The van der Waals surface area contributed by atoms with Crippen molar-refractivity contribution in [2.45, 2.75) is 31.8 Å². The molecule has 1 amide bonds. The number of nitrogens with zero attached hydrogens (tertiary/aromatic N) is 2. The molecular weight excluding hydrogens is 411 g/mol. The van der Waals surface area contributed by atoms with E-state index in [2.05, 4.69) is 27.6 Å². The van der Waals surface area contributed by atoms with Gasteiger partial charge in [0, 0.05) is 28.1 Å². The van der Waals surface area contributed by atoms with Gasteiger partial charge in [-0.15, -0.1) is 0 Å². The molecule has 2 aromatic rings. The van der Waals surface area contributed by atoms with Gasteiger partial charge in [0.2, 0.25) is 0 Å². The van der Waals surface area contributed by atoms with Gasteiger partial charge in [-0.2, -0.15) is 0 Å². The average Bonchev–Trinajstić information content (AvgIpc) is 3.30. The molecule has 1 saturated carbocycles. The highest BCUT2D eigenvalue weighted by atomic mass is 127. The van der Waals surface area contributed by atoms with Crippen LogP contribution in [0.4, 0.5) is 0 Å². The molecule has 3 nitrogen and oxygen atoms in total. The lowest BCUT2D eigenvalue weighted by molar-refractivity contribution is 0.0766. The van der Waals surface area contributed by atoms with Crippen molar-refractivity contribution in [3.05, 3.63) is 61.4 Å². The Balaban J connectivity index is 1.64. The average molecular weight is 425 g/mol. The van der Waals surface area contributed by atoms with Gasteiger partial charge in [0.1, 0.15) is 5.15 Å². The number of hydrogen-bond acceptors (Lipinski definition) is 2. The van der Waals surface area contributed by atoms with Gasteiger partial charge in [-0.1, -0.05) is 29.8 Å². The zero-order valence-electron chi connectivity index (χ0n) is 11.9. The van der Waals surface area contributed by atoms with Crippen molar-refractivity contribution >= 4 is 40.1 Å². The molecule has 0 spiro atoms. The van der Waals surface area contributed by atoms with Crippen LogP contribution in [0.3, 0.4) is 0 Å². The van der Waals surface area contributed by atoms with E-state index in [1.807, 2.05) is 35.2 Å². The molecule has 0 atom stereocenters. The van der Waals surface area contributed by atoms with Crippen LogP contribution in [0.15, 0.2) is 30.3 Å². The van der Waals surface area contributed by atoms with Gasteiger partial charge >= 0.3 is 0 Å². The van der Waals surface area contributed by atoms with Crippen molar-refractivity contribution < 1.29 is 4.79 Å². The number of amides is 1. The van der Waals surface area contributed by atoms with Crippen molar-refractivity contribution in [2.24, 2.45) is 0 Å². The number of carbonyl (C=O) groups is 1. The molecule has 2 aliphatic rings. The summed E-state index contributed by atoms with van der Waals surface area (Å²) in [7, 11) is 0. The molecule has 1 aromatic carbocycles. The Hall–Kier alpha value is -1.14. The lowest BCUT2D eigenvalue weighted by Crippen LogP contribution is -2.24. The van der Waals surface area contributed by atoms with Crippen molar-refractivity contribution in [1.82, 2.24) is 9.88 Å². The second kappa shape index (κ2) is 5.49. The Labute approximate surface area is 147 Å². The van der Waals surface area contributed by atoms with Crippen molar-refractivity contribution in [3.63, 3.8) is 0 Å². The molecule has 0 unspecified atom stereocenters. The van der Waals surface area contributed by atoms with Gasteiger partial charge in [-0.25, -0.2) is 4.98 Å². The second-order valence-electron chi connectivity index (χ2n) is 5.90. The predicted molar refractivity (Wildman–Crippen MR) is 94.0 cm³/mol. The highest BCUT2D eigenvalue weighted by Crippen LogP contribution is 2.42. The highest BCUT2D eigenvalue weighted by molar-refractivity contribution is 14.1. The molecule has 1 aliphatic carbocycles. The topological polar surface area (TPSA) is 33.2 Å². The van der Waals surface area contributed by atoms with Crippen LogP contribution >= 0.6 is 34.2 Å². The third-order valence-electron chi connectivity index (χ3n) is 4.25. The Morgan fingerprint density at radius 1 is 1.32 bits per heavy atom. The van der Waals surface area contributed by atoms with Crippen molar-refractivity contribution in [2.75, 3.05) is 0 Å². The van der Waals surface area contributed by atoms with Crippen LogP contribution in [0.5, 0.6) is 0 Å². The van der Waals surface area contributed by atoms with Crippen molar-refractivity contribution in [3.8, 4) is 0 Å². The van der Waals surface area contributed by atoms with Crippen LogP contribution in [0.2, 0.25) is 5.15 Å². The fraction of sp³-hybridized carbons (Fsp3) is 0.294. The Morgan fingerprint density at radius 3 is 2.82 bits per heavy atom. The molecule has 4 rings (SSSR count). The zero-order valence-corrected chi connectivity index (χ0v) is 14.8. The SMILES string of the molecule is O=C1c2ccccc2CN1Cc1cc(Cl)nc(C2CC2)c1I. The number of benzene rings is 1. The number of halogens is 2. The van der Waals surface area contributed by atoms with E-state index in [0.29, 0.717) is 24.2 Å². The van der Waals surface area contributed by atoms with E-state index < -0.39 is 0 Å². The quantitative estimate of drug-likeness (QED) is 0.541. The molecule has 22 heavy (non-hydrogen) atoms. The molecule has 0 bridgehead atoms. The molecule has 1 aliphatic heterocycles. The van der Waals surface area contributed by atoms with Gasteiger partial charge < -0.3 is 4.90 Å². The first-order chi connectivity index (χ1) is 10.6. The Bertz CT molecular complexity index is 773. The fourth-order valence-corrected chi connectivity index (χ4v) is 4.07. The standard InChI is InChI=1S/C17H14ClIN2O/c18-14-7-12(15(19)16(20-14)10-5-6-10)9-21-8-11-3-1-2-4-13(11)17(21)22/h1-4,7,10H,5-6,8-9H2. The minimum Gasteiger partial charge on any atom is -0.330 e. The number of fused-ring (bicyclic) bond motifs is 1. The van der Waals surface area contributed by atoms with Gasteiger partial charge in [-0.3, -0.25) is 4.79 Å². The van der Waals surface area contributed by atoms with E-state index >= 15 is 0 Å². The number of pyridine rings is 1. The summed E-state index contributed by atoms with van der Waals surface area (Å²) in [5, 5.41) is 0.529. The summed E-state index contributed by atoms with van der Waals surface area (Å²) in [6.45, 7) is 1.26. The number of carbonyl (C=O) groups excluding carboxylic acids is 1. The van der Waals surface area contributed by atoms with Crippen LogP contribution in [0.1, 0.15) is 45.9 Å². The molecule has 112 valence electrons. The summed E-state index contributed by atoms with van der Waals surface area (Å²) in [4.78, 5) is 18.9. The lowest BCUT2D eigenvalue weighted by atomic mass is 10.1. The summed E-state index contributed by atoms with van der Waals surface area (Å²) >= 11 is 8.53. The molecule has 0 saturated heterocycles. The number of hydrogen-bond donors (Lipinski definition) is 0. The van der Waals surface area contributed by atoms with E-state index in [9.17, 15) is 4.79 Å². The fourth-order valence-electron chi connectivity index (χ4n) is 2.96. The summed E-state index contributed by atoms with van der Waals surface area (Å²) in [5.74, 6) is 0.656. The first-order valence-electron chi connectivity index (χ1n) is 7.35. The Morgan fingerprint density at radius 2 is 2.09 bits per heavy atom. The largest absolute Gasteiger partial charge is 0.330 e. The third kappa shape index (κ3) is 2.52. The molecule has 1 fully saturated rings. The molecule has 0 radical (unpaired) electrons. The summed E-state index contributed by atoms with van der Waals surface area (Å²) in [5.41, 5.74) is 4.13. The van der Waals surface area contributed by atoms with Gasteiger partial charge in [-0.05, 0) is 58.7 Å². The third-order valence-corrected chi connectivity index (χ3v) is 5.69. The van der Waals surface area contributed by atoms with Crippen LogP contribution in [0, 0.1) is 3.57 Å². The lowest BCUT2D eigenvalue weighted by Gasteiger charge is -2.18. The highest BCUT2D eigenvalue weighted by Gasteiger charge is 2.31. The summed E-state index contributed by atoms with van der Waals surface area (Å²) in [6, 6.07) is 9.71. The first-order valence-corrected chi connectivity index (χ1v) is 8.81. The number of aromatic nitrogens is 1. The normalized spacial score (nSPS) is 17.0. The minimum absolute atomic E-state index is 0.104. The van der Waals surface area contributed by atoms with E-state index in [-0.39, 0.29) is 5.91 Å². The van der Waals surface area contributed by atoms with Crippen LogP contribution in [0.25, 0.3) is 0 Å². The van der Waals surface area contributed by atoms with Gasteiger partial charge in [0.15, 0.2) is 0 Å². The zero-order chi connectivity index (χ0) is 15.3. The summed E-state index contributed by atoms with van der Waals surface area (Å²) in [6.07, 6.45) is 2.38.